The van der Waals surface area contributed by atoms with E-state index in [0.717, 1.165) is 12.1 Å². The molecule has 0 aliphatic carbocycles. The number of anilines is 1. The zero-order chi connectivity index (χ0) is 17.3. The summed E-state index contributed by atoms with van der Waals surface area (Å²) in [7, 11) is 0. The second-order valence-electron chi connectivity index (χ2n) is 7.03. The molecule has 5 heteroatoms. The minimum Gasteiger partial charge on any atom is -0.306 e. The molecule has 24 heavy (non-hydrogen) atoms. The van der Waals surface area contributed by atoms with Crippen LogP contribution in [-0.2, 0) is 4.79 Å². The molecule has 1 aromatic carbocycles. The van der Waals surface area contributed by atoms with Crippen molar-refractivity contribution in [2.45, 2.75) is 50.7 Å². The number of rotatable bonds is 3. The highest BCUT2D eigenvalue weighted by molar-refractivity contribution is 7.99. The zero-order valence-corrected chi connectivity index (χ0v) is 15.4. The van der Waals surface area contributed by atoms with Crippen LogP contribution in [0.5, 0.6) is 0 Å². The molecule has 0 fully saturated rings. The normalized spacial score (nSPS) is 19.0. The van der Waals surface area contributed by atoms with E-state index >= 15 is 0 Å². The molecule has 2 heterocycles. The summed E-state index contributed by atoms with van der Waals surface area (Å²) in [5.74, 6) is 0.897. The van der Waals surface area contributed by atoms with Gasteiger partial charge in [-0.05, 0) is 50.8 Å². The smallest absolute Gasteiger partial charge is 0.237 e. The molecule has 0 bridgehead atoms. The van der Waals surface area contributed by atoms with E-state index in [-0.39, 0.29) is 11.4 Å². The number of amides is 1. The van der Waals surface area contributed by atoms with E-state index < -0.39 is 0 Å². The summed E-state index contributed by atoms with van der Waals surface area (Å²) in [5, 5.41) is 0.637. The Morgan fingerprint density at radius 2 is 2.04 bits per heavy atom. The van der Waals surface area contributed by atoms with Crippen molar-refractivity contribution in [3.63, 3.8) is 0 Å². The van der Waals surface area contributed by atoms with Crippen LogP contribution >= 0.6 is 11.8 Å². The zero-order valence-electron chi connectivity index (χ0n) is 14.6. The summed E-state index contributed by atoms with van der Waals surface area (Å²) in [6.45, 7) is 8.64. The molecule has 0 N–H and O–H groups in total. The lowest BCUT2D eigenvalue weighted by Crippen LogP contribution is -2.52. The van der Waals surface area contributed by atoms with Crippen molar-refractivity contribution in [2.75, 3.05) is 10.7 Å². The Kier molecular flexibility index (Phi) is 4.63. The van der Waals surface area contributed by atoms with Crippen LogP contribution in [0.1, 0.15) is 44.2 Å². The van der Waals surface area contributed by atoms with Crippen molar-refractivity contribution < 1.29 is 4.79 Å². The molecule has 2 aromatic rings. The molecular weight excluding hydrogens is 318 g/mol. The first-order valence-corrected chi connectivity index (χ1v) is 9.20. The highest BCUT2D eigenvalue weighted by Gasteiger charge is 2.39. The van der Waals surface area contributed by atoms with Crippen molar-refractivity contribution in [3.8, 4) is 0 Å². The number of fused-ring (bicyclic) bond motifs is 1. The van der Waals surface area contributed by atoms with Crippen LogP contribution in [-0.4, -0.2) is 27.2 Å². The van der Waals surface area contributed by atoms with E-state index in [4.69, 9.17) is 0 Å². The number of nitrogens with zero attached hydrogens (tertiary/aromatic N) is 3. The Morgan fingerprint density at radius 1 is 1.33 bits per heavy atom. The van der Waals surface area contributed by atoms with Gasteiger partial charge in [0, 0.05) is 23.6 Å². The number of thioether (sulfide) groups is 1. The van der Waals surface area contributed by atoms with E-state index in [1.807, 2.05) is 4.90 Å². The van der Waals surface area contributed by atoms with E-state index in [2.05, 4.69) is 55.9 Å². The van der Waals surface area contributed by atoms with Gasteiger partial charge in [-0.3, -0.25) is 4.79 Å². The van der Waals surface area contributed by atoms with Gasteiger partial charge in [-0.15, -0.1) is 0 Å². The number of aromatic nitrogens is 2. The van der Waals surface area contributed by atoms with Crippen LogP contribution < -0.4 is 4.90 Å². The Labute approximate surface area is 147 Å². The quantitative estimate of drug-likeness (QED) is 0.620. The first-order chi connectivity index (χ1) is 11.4. The summed E-state index contributed by atoms with van der Waals surface area (Å²) >= 11 is 1.39. The summed E-state index contributed by atoms with van der Waals surface area (Å²) in [6.07, 6.45) is 4.36. The molecule has 1 aromatic heterocycles. The molecule has 126 valence electrons. The number of hydrogen-bond acceptors (Lipinski definition) is 4. The first kappa shape index (κ1) is 17.0. The number of hydrogen-bond donors (Lipinski definition) is 0. The molecule has 0 saturated heterocycles. The van der Waals surface area contributed by atoms with Crippen LogP contribution in [0.2, 0.25) is 0 Å². The third-order valence-electron chi connectivity index (χ3n) is 4.48. The number of benzene rings is 1. The molecule has 4 nitrogen and oxygen atoms in total. The van der Waals surface area contributed by atoms with Gasteiger partial charge in [-0.2, -0.15) is 0 Å². The van der Waals surface area contributed by atoms with Crippen LogP contribution in [0, 0.1) is 6.92 Å². The van der Waals surface area contributed by atoms with Crippen molar-refractivity contribution in [1.29, 1.82) is 0 Å². The molecule has 1 atom stereocenters. The van der Waals surface area contributed by atoms with E-state index in [1.54, 1.807) is 18.5 Å². The maximum absolute atomic E-state index is 13.0. The topological polar surface area (TPSA) is 46.1 Å². The second kappa shape index (κ2) is 6.55. The summed E-state index contributed by atoms with van der Waals surface area (Å²) < 4.78 is 0. The fourth-order valence-electron chi connectivity index (χ4n) is 3.57. The highest BCUT2D eigenvalue weighted by Crippen LogP contribution is 2.43. The largest absolute Gasteiger partial charge is 0.306 e. The predicted molar refractivity (Wildman–Crippen MR) is 98.5 cm³/mol. The Morgan fingerprint density at radius 3 is 2.75 bits per heavy atom. The second-order valence-corrected chi connectivity index (χ2v) is 7.97. The molecule has 1 aliphatic rings. The lowest BCUT2D eigenvalue weighted by Gasteiger charge is -2.46. The Hall–Kier alpha value is -1.88. The molecular formula is C19H23N3OS. The van der Waals surface area contributed by atoms with Crippen LogP contribution in [0.4, 0.5) is 5.69 Å². The number of aryl methyl sites for hydroxylation is 1. The number of carbonyl (C=O) groups is 1. The third kappa shape index (κ3) is 3.31. The molecule has 3 rings (SSSR count). The van der Waals surface area contributed by atoms with Crippen molar-refractivity contribution >= 4 is 23.4 Å². The van der Waals surface area contributed by atoms with E-state index in [9.17, 15) is 4.79 Å². The standard InChI is InChI=1S/C19H23N3OS/c1-13-6-7-16-15(10-13)14(2)11-19(3,4)22(16)17(23)12-24-18-20-8-5-9-21-18/h5-10,14H,11-12H2,1-4H3. The Balaban J connectivity index is 1.87. The van der Waals surface area contributed by atoms with Crippen molar-refractivity contribution in [2.24, 2.45) is 0 Å². The minimum absolute atomic E-state index is 0.106. The maximum Gasteiger partial charge on any atom is 0.237 e. The van der Waals surface area contributed by atoms with Gasteiger partial charge in [0.2, 0.25) is 5.91 Å². The highest BCUT2D eigenvalue weighted by atomic mass is 32.2. The van der Waals surface area contributed by atoms with Gasteiger partial charge in [-0.25, -0.2) is 9.97 Å². The van der Waals surface area contributed by atoms with Gasteiger partial charge in [0.1, 0.15) is 0 Å². The van der Waals surface area contributed by atoms with Gasteiger partial charge in [0.15, 0.2) is 5.16 Å². The maximum atomic E-state index is 13.0. The molecule has 0 radical (unpaired) electrons. The monoisotopic (exact) mass is 341 g/mol. The van der Waals surface area contributed by atoms with Crippen molar-refractivity contribution in [1.82, 2.24) is 9.97 Å². The summed E-state index contributed by atoms with van der Waals surface area (Å²) in [6, 6.07) is 8.16. The first-order valence-electron chi connectivity index (χ1n) is 8.22. The van der Waals surface area contributed by atoms with Crippen LogP contribution in [0.25, 0.3) is 0 Å². The lowest BCUT2D eigenvalue weighted by molar-refractivity contribution is -0.117. The van der Waals surface area contributed by atoms with E-state index in [1.165, 1.54) is 22.9 Å². The van der Waals surface area contributed by atoms with Gasteiger partial charge in [-0.1, -0.05) is 36.4 Å². The molecule has 1 aliphatic heterocycles. The summed E-state index contributed by atoms with van der Waals surface area (Å²) in [5.41, 5.74) is 3.35. The fraction of sp³-hybridized carbons (Fsp3) is 0.421. The van der Waals surface area contributed by atoms with Crippen molar-refractivity contribution in [3.05, 3.63) is 47.8 Å². The average Bonchev–Trinajstić information content (AvgIpc) is 2.54. The molecule has 1 unspecified atom stereocenters. The fourth-order valence-corrected chi connectivity index (χ4v) is 4.22. The average molecular weight is 341 g/mol. The van der Waals surface area contributed by atoms with Gasteiger partial charge < -0.3 is 4.90 Å². The lowest BCUT2D eigenvalue weighted by atomic mass is 9.79. The van der Waals surface area contributed by atoms with Crippen LogP contribution in [0.3, 0.4) is 0 Å². The minimum atomic E-state index is -0.198. The SMILES string of the molecule is Cc1ccc2c(c1)C(C)CC(C)(C)N2C(=O)CSc1ncccn1. The predicted octanol–water partition coefficient (Wildman–Crippen LogP) is 4.20. The molecule has 0 spiro atoms. The van der Waals surface area contributed by atoms with Gasteiger partial charge in [0.05, 0.1) is 5.75 Å². The third-order valence-corrected chi connectivity index (χ3v) is 5.34. The number of carbonyl (C=O) groups excluding carboxylic acids is 1. The molecule has 1 amide bonds. The summed E-state index contributed by atoms with van der Waals surface area (Å²) in [4.78, 5) is 23.3. The Bertz CT molecular complexity index is 746. The molecule has 0 saturated carbocycles. The van der Waals surface area contributed by atoms with E-state index in [0.29, 0.717) is 16.8 Å². The van der Waals surface area contributed by atoms with Gasteiger partial charge in [0.25, 0.3) is 0 Å². The van der Waals surface area contributed by atoms with Crippen LogP contribution in [0.15, 0.2) is 41.8 Å². The van der Waals surface area contributed by atoms with Gasteiger partial charge >= 0.3 is 0 Å².